The largest absolute Gasteiger partial charge is 0.343 e. The van der Waals surface area contributed by atoms with E-state index in [4.69, 9.17) is 0 Å². The summed E-state index contributed by atoms with van der Waals surface area (Å²) in [6, 6.07) is 8.06. The van der Waals surface area contributed by atoms with Crippen LogP contribution >= 0.6 is 0 Å². The number of benzene rings is 2. The Bertz CT molecular complexity index is 889. The van der Waals surface area contributed by atoms with Gasteiger partial charge in [0.15, 0.2) is 0 Å². The highest BCUT2D eigenvalue weighted by Gasteiger charge is 2.20. The fraction of sp³-hybridized carbons (Fsp3) is 0.176. The molecule has 0 fully saturated rings. The van der Waals surface area contributed by atoms with Gasteiger partial charge < -0.3 is 10.6 Å². The molecule has 2 aromatic carbocycles. The smallest absolute Gasteiger partial charge is 0.277 e. The van der Waals surface area contributed by atoms with Gasteiger partial charge in [-0.25, -0.2) is 0 Å². The molecule has 0 aliphatic heterocycles. The van der Waals surface area contributed by atoms with Crippen LogP contribution in [-0.2, 0) is 4.79 Å². The molecule has 0 radical (unpaired) electrons. The van der Waals surface area contributed by atoms with Gasteiger partial charge in [-0.1, -0.05) is 18.2 Å². The van der Waals surface area contributed by atoms with Crippen molar-refractivity contribution in [2.75, 3.05) is 11.9 Å². The van der Waals surface area contributed by atoms with Gasteiger partial charge in [0.1, 0.15) is 0 Å². The van der Waals surface area contributed by atoms with Crippen molar-refractivity contribution in [3.8, 4) is 0 Å². The SMILES string of the molecule is Cc1cccc(C)c1NC(=O)CNC(=O)c1cc([N+](=O)[O-])cc([N+](=O)[O-])c1. The van der Waals surface area contributed by atoms with E-state index in [0.29, 0.717) is 5.69 Å². The van der Waals surface area contributed by atoms with Gasteiger partial charge in [0, 0.05) is 17.8 Å². The minimum absolute atomic E-state index is 0.282. The number of hydrogen-bond donors (Lipinski definition) is 2. The summed E-state index contributed by atoms with van der Waals surface area (Å²) < 4.78 is 0. The van der Waals surface area contributed by atoms with E-state index in [2.05, 4.69) is 10.6 Å². The molecule has 2 rings (SSSR count). The van der Waals surface area contributed by atoms with E-state index in [1.165, 1.54) is 0 Å². The molecule has 0 spiro atoms. The summed E-state index contributed by atoms with van der Waals surface area (Å²) in [5.74, 6) is -1.33. The van der Waals surface area contributed by atoms with Gasteiger partial charge in [0.2, 0.25) is 5.91 Å². The van der Waals surface area contributed by atoms with Gasteiger partial charge in [0.05, 0.1) is 28.0 Å². The molecule has 2 aromatic rings. The lowest BCUT2D eigenvalue weighted by Gasteiger charge is -2.12. The number of non-ortho nitro benzene ring substituents is 2. The Morgan fingerprint density at radius 1 is 0.963 bits per heavy atom. The van der Waals surface area contributed by atoms with Crippen LogP contribution in [0.25, 0.3) is 0 Å². The molecule has 0 heterocycles. The molecule has 2 N–H and O–H groups in total. The number of anilines is 1. The lowest BCUT2D eigenvalue weighted by Crippen LogP contribution is -2.33. The van der Waals surface area contributed by atoms with Crippen molar-refractivity contribution < 1.29 is 19.4 Å². The number of nitrogens with zero attached hydrogens (tertiary/aromatic N) is 2. The monoisotopic (exact) mass is 372 g/mol. The van der Waals surface area contributed by atoms with Crippen molar-refractivity contribution in [1.82, 2.24) is 5.32 Å². The third-order valence-electron chi connectivity index (χ3n) is 3.74. The predicted molar refractivity (Wildman–Crippen MR) is 96.6 cm³/mol. The molecule has 0 saturated carbocycles. The van der Waals surface area contributed by atoms with Crippen LogP contribution in [0.4, 0.5) is 17.1 Å². The Labute approximate surface area is 153 Å². The Morgan fingerprint density at radius 3 is 1.96 bits per heavy atom. The minimum Gasteiger partial charge on any atom is -0.343 e. The summed E-state index contributed by atoms with van der Waals surface area (Å²) in [6.45, 7) is 3.25. The van der Waals surface area contributed by atoms with Crippen LogP contribution in [0.5, 0.6) is 0 Å². The molecule has 10 nitrogen and oxygen atoms in total. The molecule has 0 saturated heterocycles. The first-order chi connectivity index (χ1) is 12.7. The van der Waals surface area contributed by atoms with Crippen molar-refractivity contribution in [2.45, 2.75) is 13.8 Å². The zero-order valence-electron chi connectivity index (χ0n) is 14.5. The molecule has 0 aliphatic carbocycles. The van der Waals surface area contributed by atoms with Crippen molar-refractivity contribution >= 4 is 28.9 Å². The van der Waals surface area contributed by atoms with E-state index in [1.807, 2.05) is 32.0 Å². The Kier molecular flexibility index (Phi) is 5.81. The van der Waals surface area contributed by atoms with E-state index in [9.17, 15) is 29.8 Å². The third-order valence-corrected chi connectivity index (χ3v) is 3.74. The lowest BCUT2D eigenvalue weighted by atomic mass is 10.1. The molecule has 27 heavy (non-hydrogen) atoms. The summed E-state index contributed by atoms with van der Waals surface area (Å²) >= 11 is 0. The number of nitro groups is 2. The molecule has 10 heteroatoms. The highest BCUT2D eigenvalue weighted by atomic mass is 16.6. The molecular formula is C17H16N4O6. The number of rotatable bonds is 6. The number of para-hydroxylation sites is 1. The van der Waals surface area contributed by atoms with Crippen LogP contribution in [0.1, 0.15) is 21.5 Å². The second-order valence-electron chi connectivity index (χ2n) is 5.75. The van der Waals surface area contributed by atoms with Gasteiger partial charge in [-0.3, -0.25) is 29.8 Å². The highest BCUT2D eigenvalue weighted by molar-refractivity contribution is 6.00. The number of amides is 2. The first kappa shape index (κ1) is 19.5. The van der Waals surface area contributed by atoms with Crippen LogP contribution in [-0.4, -0.2) is 28.2 Å². The molecular weight excluding hydrogens is 356 g/mol. The second-order valence-corrected chi connectivity index (χ2v) is 5.75. The highest BCUT2D eigenvalue weighted by Crippen LogP contribution is 2.23. The van der Waals surface area contributed by atoms with Gasteiger partial charge in [-0.2, -0.15) is 0 Å². The Balaban J connectivity index is 2.10. The number of aryl methyl sites for hydroxylation is 2. The Morgan fingerprint density at radius 2 is 1.48 bits per heavy atom. The van der Waals surface area contributed by atoms with Crippen molar-refractivity contribution in [3.05, 3.63) is 73.3 Å². The summed E-state index contributed by atoms with van der Waals surface area (Å²) in [7, 11) is 0. The quantitative estimate of drug-likeness (QED) is 0.588. The molecule has 140 valence electrons. The topological polar surface area (TPSA) is 144 Å². The molecule has 0 bridgehead atoms. The maximum atomic E-state index is 12.1. The third kappa shape index (κ3) is 4.84. The van der Waals surface area contributed by atoms with Crippen molar-refractivity contribution in [2.24, 2.45) is 0 Å². The normalized spacial score (nSPS) is 10.1. The molecule has 0 atom stereocenters. The van der Waals surface area contributed by atoms with E-state index < -0.39 is 39.6 Å². The summed E-state index contributed by atoms with van der Waals surface area (Å²) in [5.41, 5.74) is 0.871. The number of hydrogen-bond acceptors (Lipinski definition) is 6. The number of carbonyl (C=O) groups is 2. The predicted octanol–water partition coefficient (Wildman–Crippen LogP) is 2.49. The summed E-state index contributed by atoms with van der Waals surface area (Å²) in [6.07, 6.45) is 0. The van der Waals surface area contributed by atoms with Crippen LogP contribution in [0.15, 0.2) is 36.4 Å². The van der Waals surface area contributed by atoms with Crippen LogP contribution in [0, 0.1) is 34.1 Å². The average molecular weight is 372 g/mol. The molecule has 0 unspecified atom stereocenters. The van der Waals surface area contributed by atoms with E-state index in [1.54, 1.807) is 0 Å². The Hall–Kier alpha value is -3.82. The van der Waals surface area contributed by atoms with Gasteiger partial charge >= 0.3 is 0 Å². The zero-order valence-corrected chi connectivity index (χ0v) is 14.5. The van der Waals surface area contributed by atoms with Gasteiger partial charge in [0.25, 0.3) is 17.3 Å². The van der Waals surface area contributed by atoms with Crippen molar-refractivity contribution in [3.63, 3.8) is 0 Å². The standard InChI is InChI=1S/C17H16N4O6/c1-10-4-3-5-11(2)16(10)19-15(22)9-18-17(23)12-6-13(20(24)25)8-14(7-12)21(26)27/h3-8H,9H2,1-2H3,(H,18,23)(H,19,22). The maximum absolute atomic E-state index is 12.1. The summed E-state index contributed by atoms with van der Waals surface area (Å²) in [4.78, 5) is 44.3. The first-order valence-corrected chi connectivity index (χ1v) is 7.77. The van der Waals surface area contributed by atoms with E-state index in [0.717, 1.165) is 29.3 Å². The molecule has 2 amide bonds. The van der Waals surface area contributed by atoms with E-state index in [-0.39, 0.29) is 5.56 Å². The molecule has 0 aromatic heterocycles. The van der Waals surface area contributed by atoms with Crippen LogP contribution in [0.2, 0.25) is 0 Å². The first-order valence-electron chi connectivity index (χ1n) is 7.77. The number of carbonyl (C=O) groups excluding carboxylic acids is 2. The lowest BCUT2D eigenvalue weighted by molar-refractivity contribution is -0.394. The van der Waals surface area contributed by atoms with Crippen molar-refractivity contribution in [1.29, 1.82) is 0 Å². The number of nitrogens with one attached hydrogen (secondary N) is 2. The van der Waals surface area contributed by atoms with Crippen LogP contribution < -0.4 is 10.6 Å². The minimum atomic E-state index is -0.836. The van der Waals surface area contributed by atoms with Gasteiger partial charge in [-0.05, 0) is 25.0 Å². The van der Waals surface area contributed by atoms with E-state index >= 15 is 0 Å². The second kappa shape index (κ2) is 8.04. The molecule has 0 aliphatic rings. The maximum Gasteiger partial charge on any atom is 0.277 e. The fourth-order valence-corrected chi connectivity index (χ4v) is 2.39. The summed E-state index contributed by atoms with van der Waals surface area (Å²) in [5, 5.41) is 26.7. The average Bonchev–Trinajstić information content (AvgIpc) is 2.62. The van der Waals surface area contributed by atoms with Gasteiger partial charge in [-0.15, -0.1) is 0 Å². The van der Waals surface area contributed by atoms with Crippen LogP contribution in [0.3, 0.4) is 0 Å². The fourth-order valence-electron chi connectivity index (χ4n) is 2.39. The number of nitro benzene ring substituents is 2. The zero-order chi connectivity index (χ0) is 20.1.